The first-order valence-electron chi connectivity index (χ1n) is 8.62. The zero-order valence-electron chi connectivity index (χ0n) is 15.5. The van der Waals surface area contributed by atoms with Crippen molar-refractivity contribution >= 4 is 55.1 Å². The second-order valence-electron chi connectivity index (χ2n) is 6.12. The predicted molar refractivity (Wildman–Crippen MR) is 124 cm³/mol. The minimum Gasteiger partial charge on any atom is -0.493 e. The van der Waals surface area contributed by atoms with Crippen LogP contribution >= 0.6 is 43.5 Å². The van der Waals surface area contributed by atoms with Gasteiger partial charge in [0.05, 0.1) is 18.8 Å². The van der Waals surface area contributed by atoms with Crippen molar-refractivity contribution in [2.24, 2.45) is 0 Å². The van der Waals surface area contributed by atoms with E-state index in [0.717, 1.165) is 25.6 Å². The van der Waals surface area contributed by atoms with Gasteiger partial charge in [-0.05, 0) is 59.2 Å². The molecule has 0 N–H and O–H groups in total. The van der Waals surface area contributed by atoms with E-state index in [1.54, 1.807) is 25.3 Å². The fraction of sp³-hybridized carbons (Fsp3) is 0.0870. The number of ether oxygens (including phenoxy) is 2. The van der Waals surface area contributed by atoms with Crippen LogP contribution in [0.4, 0.5) is 0 Å². The Morgan fingerprint density at radius 1 is 1.03 bits per heavy atom. The first-order valence-corrected chi connectivity index (χ1v) is 10.6. The van der Waals surface area contributed by atoms with Crippen LogP contribution in [0.3, 0.4) is 0 Å². The van der Waals surface area contributed by atoms with Crippen molar-refractivity contribution in [1.82, 2.24) is 0 Å². The van der Waals surface area contributed by atoms with E-state index in [1.165, 1.54) is 0 Å². The average Bonchev–Trinajstić information content (AvgIpc) is 2.73. The summed E-state index contributed by atoms with van der Waals surface area (Å²) in [5.74, 6) is 1.20. The molecule has 0 amide bonds. The van der Waals surface area contributed by atoms with Crippen LogP contribution < -0.4 is 9.47 Å². The molecule has 0 aromatic heterocycles. The van der Waals surface area contributed by atoms with Crippen molar-refractivity contribution in [3.8, 4) is 17.6 Å². The summed E-state index contributed by atoms with van der Waals surface area (Å²) in [6.45, 7) is 0.416. The fourth-order valence-electron chi connectivity index (χ4n) is 2.64. The molecule has 3 rings (SSSR count). The summed E-state index contributed by atoms with van der Waals surface area (Å²) in [5.41, 5.74) is 3.17. The molecule has 0 spiro atoms. The second kappa shape index (κ2) is 9.98. The Kier molecular flexibility index (Phi) is 7.38. The number of halogens is 3. The Morgan fingerprint density at radius 3 is 2.34 bits per heavy atom. The van der Waals surface area contributed by atoms with E-state index in [-0.39, 0.29) is 0 Å². The molecule has 3 aromatic carbocycles. The van der Waals surface area contributed by atoms with Crippen LogP contribution in [0.1, 0.15) is 16.7 Å². The molecule has 0 saturated heterocycles. The zero-order chi connectivity index (χ0) is 20.8. The molecule has 3 nitrogen and oxygen atoms in total. The van der Waals surface area contributed by atoms with Gasteiger partial charge < -0.3 is 9.47 Å². The highest BCUT2D eigenvalue weighted by Gasteiger charge is 2.11. The number of benzene rings is 3. The van der Waals surface area contributed by atoms with Crippen LogP contribution in [0.2, 0.25) is 5.02 Å². The van der Waals surface area contributed by atoms with Gasteiger partial charge in [0.2, 0.25) is 0 Å². The summed E-state index contributed by atoms with van der Waals surface area (Å²) in [6, 6.07) is 21.0. The van der Waals surface area contributed by atoms with Gasteiger partial charge in [-0.15, -0.1) is 0 Å². The number of allylic oxidation sites excluding steroid dienone is 1. The highest BCUT2D eigenvalue weighted by atomic mass is 79.9. The largest absolute Gasteiger partial charge is 0.493 e. The normalized spacial score (nSPS) is 11.1. The summed E-state index contributed by atoms with van der Waals surface area (Å²) >= 11 is 12.9. The number of methoxy groups -OCH3 is 1. The SMILES string of the molecule is COc1cc(C=C(C#N)c2ccc(Cl)cc2)c(Br)cc1OCc1ccc(Br)cc1. The summed E-state index contributed by atoms with van der Waals surface area (Å²) in [6.07, 6.45) is 1.80. The third kappa shape index (κ3) is 5.63. The standard InChI is InChI=1S/C23H16Br2ClNO2/c1-28-22-11-17(10-18(13-27)16-4-8-20(26)9-5-16)21(25)12-23(22)29-14-15-2-6-19(24)7-3-15/h2-12H,14H2,1H3. The molecule has 29 heavy (non-hydrogen) atoms. The number of rotatable bonds is 6. The molecular formula is C23H16Br2ClNO2. The fourth-order valence-corrected chi connectivity index (χ4v) is 3.47. The molecule has 0 radical (unpaired) electrons. The molecule has 0 saturated carbocycles. The van der Waals surface area contributed by atoms with E-state index in [1.807, 2.05) is 48.5 Å². The maximum Gasteiger partial charge on any atom is 0.162 e. The average molecular weight is 534 g/mol. The number of nitriles is 1. The van der Waals surface area contributed by atoms with Gasteiger partial charge in [-0.1, -0.05) is 67.7 Å². The van der Waals surface area contributed by atoms with Crippen LogP contribution in [-0.4, -0.2) is 7.11 Å². The lowest BCUT2D eigenvalue weighted by atomic mass is 10.0. The first-order chi connectivity index (χ1) is 14.0. The van der Waals surface area contributed by atoms with Crippen LogP contribution in [0.25, 0.3) is 11.6 Å². The summed E-state index contributed by atoms with van der Waals surface area (Å²) < 4.78 is 13.3. The predicted octanol–water partition coefficient (Wildman–Crippen LogP) is 7.52. The number of nitrogens with zero attached hydrogens (tertiary/aromatic N) is 1. The summed E-state index contributed by atoms with van der Waals surface area (Å²) in [7, 11) is 1.59. The van der Waals surface area contributed by atoms with Crippen LogP contribution in [0, 0.1) is 11.3 Å². The van der Waals surface area contributed by atoms with E-state index in [9.17, 15) is 5.26 Å². The Bertz CT molecular complexity index is 1070. The van der Waals surface area contributed by atoms with Crippen LogP contribution in [-0.2, 0) is 6.61 Å². The lowest BCUT2D eigenvalue weighted by Crippen LogP contribution is -1.98. The lowest BCUT2D eigenvalue weighted by Gasteiger charge is -2.13. The molecule has 0 atom stereocenters. The van der Waals surface area contributed by atoms with E-state index in [4.69, 9.17) is 21.1 Å². The van der Waals surface area contributed by atoms with Crippen LogP contribution in [0.5, 0.6) is 11.5 Å². The molecular weight excluding hydrogens is 518 g/mol. The quantitative estimate of drug-likeness (QED) is 0.243. The molecule has 0 aliphatic carbocycles. The van der Waals surface area contributed by atoms with Crippen molar-refractivity contribution in [2.75, 3.05) is 7.11 Å². The molecule has 0 aliphatic rings. The third-order valence-corrected chi connectivity index (χ3v) is 5.63. The van der Waals surface area contributed by atoms with Crippen LogP contribution in [0.15, 0.2) is 69.6 Å². The molecule has 0 fully saturated rings. The van der Waals surface area contributed by atoms with Crippen molar-refractivity contribution in [1.29, 1.82) is 5.26 Å². The summed E-state index contributed by atoms with van der Waals surface area (Å²) in [4.78, 5) is 0. The van der Waals surface area contributed by atoms with Gasteiger partial charge in [0.1, 0.15) is 6.61 Å². The maximum atomic E-state index is 9.59. The van der Waals surface area contributed by atoms with Gasteiger partial charge in [-0.2, -0.15) is 5.26 Å². The third-order valence-electron chi connectivity index (χ3n) is 4.17. The smallest absolute Gasteiger partial charge is 0.162 e. The highest BCUT2D eigenvalue weighted by Crippen LogP contribution is 2.36. The molecule has 0 unspecified atom stereocenters. The monoisotopic (exact) mass is 531 g/mol. The van der Waals surface area contributed by atoms with Gasteiger partial charge >= 0.3 is 0 Å². The summed E-state index contributed by atoms with van der Waals surface area (Å²) in [5, 5.41) is 10.2. The molecule has 146 valence electrons. The van der Waals surface area contributed by atoms with Gasteiger partial charge in [0.15, 0.2) is 11.5 Å². The Morgan fingerprint density at radius 2 is 1.72 bits per heavy atom. The van der Waals surface area contributed by atoms with E-state index in [0.29, 0.717) is 28.7 Å². The Hall–Kier alpha value is -2.26. The Balaban J connectivity index is 1.88. The van der Waals surface area contributed by atoms with E-state index < -0.39 is 0 Å². The molecule has 6 heteroatoms. The van der Waals surface area contributed by atoms with Crippen molar-refractivity contribution in [3.05, 3.63) is 91.3 Å². The minimum absolute atomic E-state index is 0.416. The van der Waals surface area contributed by atoms with Crippen molar-refractivity contribution < 1.29 is 9.47 Å². The maximum absolute atomic E-state index is 9.59. The van der Waals surface area contributed by atoms with E-state index >= 15 is 0 Å². The van der Waals surface area contributed by atoms with Gasteiger partial charge in [-0.25, -0.2) is 0 Å². The van der Waals surface area contributed by atoms with E-state index in [2.05, 4.69) is 37.9 Å². The number of hydrogen-bond donors (Lipinski definition) is 0. The van der Waals surface area contributed by atoms with Gasteiger partial charge in [0.25, 0.3) is 0 Å². The second-order valence-corrected chi connectivity index (χ2v) is 8.32. The lowest BCUT2D eigenvalue weighted by molar-refractivity contribution is 0.284. The topological polar surface area (TPSA) is 42.2 Å². The Labute approximate surface area is 191 Å². The molecule has 3 aromatic rings. The van der Waals surface area contributed by atoms with Crippen molar-refractivity contribution in [3.63, 3.8) is 0 Å². The first kappa shape index (κ1) is 21.4. The van der Waals surface area contributed by atoms with Gasteiger partial charge in [0, 0.05) is 14.0 Å². The van der Waals surface area contributed by atoms with Gasteiger partial charge in [-0.3, -0.25) is 0 Å². The highest BCUT2D eigenvalue weighted by molar-refractivity contribution is 9.10. The van der Waals surface area contributed by atoms with Crippen molar-refractivity contribution in [2.45, 2.75) is 6.61 Å². The zero-order valence-corrected chi connectivity index (χ0v) is 19.4. The molecule has 0 heterocycles. The molecule has 0 aliphatic heterocycles. The minimum atomic E-state index is 0.416. The number of hydrogen-bond acceptors (Lipinski definition) is 3. The molecule has 0 bridgehead atoms.